The first kappa shape index (κ1) is 16.9. The number of hydrogen-bond acceptors (Lipinski definition) is 3. The Hall–Kier alpha value is -1.46. The molecule has 1 aliphatic rings. The predicted molar refractivity (Wildman–Crippen MR) is 83.4 cm³/mol. The number of aliphatic carboxylic acids is 1. The molecule has 0 bridgehead atoms. The highest BCUT2D eigenvalue weighted by Gasteiger charge is 2.33. The first-order valence-corrected chi connectivity index (χ1v) is 7.72. The zero-order valence-electron chi connectivity index (χ0n) is 12.1. The Labute approximate surface area is 138 Å². The molecule has 1 N–H and O–H groups in total. The minimum atomic E-state index is -0.804. The van der Waals surface area contributed by atoms with E-state index in [2.05, 4.69) is 0 Å². The minimum absolute atomic E-state index is 0.0787. The van der Waals surface area contributed by atoms with Crippen molar-refractivity contribution < 1.29 is 19.4 Å². The molecule has 7 heteroatoms. The number of rotatable bonds is 4. The van der Waals surface area contributed by atoms with Gasteiger partial charge in [0.25, 0.3) is 5.91 Å². The number of benzene rings is 1. The number of halogens is 2. The molecule has 1 amide bonds. The molecule has 0 aliphatic carbocycles. The van der Waals surface area contributed by atoms with Crippen LogP contribution in [-0.2, 0) is 9.59 Å². The summed E-state index contributed by atoms with van der Waals surface area (Å²) in [5, 5.41) is 9.95. The van der Waals surface area contributed by atoms with Gasteiger partial charge in [0.15, 0.2) is 6.61 Å². The van der Waals surface area contributed by atoms with Crippen LogP contribution in [0.5, 0.6) is 5.75 Å². The summed E-state index contributed by atoms with van der Waals surface area (Å²) in [7, 11) is 0. The van der Waals surface area contributed by atoms with Gasteiger partial charge in [-0.05, 0) is 24.5 Å². The first-order chi connectivity index (χ1) is 10.4. The van der Waals surface area contributed by atoms with Crippen LogP contribution in [0.15, 0.2) is 18.2 Å². The lowest BCUT2D eigenvalue weighted by molar-refractivity contribution is -0.148. The highest BCUT2D eigenvalue weighted by atomic mass is 35.5. The zero-order valence-corrected chi connectivity index (χ0v) is 13.6. The highest BCUT2D eigenvalue weighted by Crippen LogP contribution is 2.28. The van der Waals surface area contributed by atoms with Gasteiger partial charge in [0.1, 0.15) is 5.75 Å². The number of carbonyl (C=O) groups excluding carboxylic acids is 1. The van der Waals surface area contributed by atoms with Crippen LogP contribution in [0.1, 0.15) is 13.3 Å². The summed E-state index contributed by atoms with van der Waals surface area (Å²) in [6.07, 6.45) is 0.458. The topological polar surface area (TPSA) is 66.8 Å². The molecule has 1 aromatic carbocycles. The second kappa shape index (κ2) is 7.20. The number of nitrogens with zero attached hydrogens (tertiary/aromatic N) is 1. The Kier molecular flexibility index (Phi) is 5.53. The van der Waals surface area contributed by atoms with Crippen LogP contribution in [0.3, 0.4) is 0 Å². The van der Waals surface area contributed by atoms with E-state index < -0.39 is 11.9 Å². The van der Waals surface area contributed by atoms with E-state index >= 15 is 0 Å². The number of carbonyl (C=O) groups is 2. The van der Waals surface area contributed by atoms with E-state index in [-0.39, 0.29) is 18.4 Å². The lowest BCUT2D eigenvalue weighted by atomic mass is 9.87. The van der Waals surface area contributed by atoms with Crippen molar-refractivity contribution in [1.82, 2.24) is 4.90 Å². The minimum Gasteiger partial charge on any atom is -0.482 e. The number of ether oxygens (including phenoxy) is 1. The molecular formula is C15H17Cl2NO4. The van der Waals surface area contributed by atoms with E-state index in [9.17, 15) is 9.59 Å². The average molecular weight is 346 g/mol. The van der Waals surface area contributed by atoms with Crippen molar-refractivity contribution in [3.05, 3.63) is 28.2 Å². The molecule has 22 heavy (non-hydrogen) atoms. The van der Waals surface area contributed by atoms with Crippen molar-refractivity contribution in [2.24, 2.45) is 11.8 Å². The summed E-state index contributed by atoms with van der Waals surface area (Å²) in [5.41, 5.74) is 0. The maximum absolute atomic E-state index is 12.2. The van der Waals surface area contributed by atoms with Crippen LogP contribution in [-0.4, -0.2) is 41.6 Å². The van der Waals surface area contributed by atoms with Crippen molar-refractivity contribution in [1.29, 1.82) is 0 Å². The van der Waals surface area contributed by atoms with Crippen molar-refractivity contribution >= 4 is 35.1 Å². The SMILES string of the molecule is CC1CN(C(=O)COc2cc(Cl)ccc2Cl)CCC1C(=O)O. The van der Waals surface area contributed by atoms with Crippen molar-refractivity contribution in [2.45, 2.75) is 13.3 Å². The third kappa shape index (κ3) is 4.05. The van der Waals surface area contributed by atoms with Crippen molar-refractivity contribution in [2.75, 3.05) is 19.7 Å². The number of amides is 1. The van der Waals surface area contributed by atoms with E-state index in [1.54, 1.807) is 23.1 Å². The van der Waals surface area contributed by atoms with E-state index in [4.69, 9.17) is 33.0 Å². The maximum Gasteiger partial charge on any atom is 0.306 e. The van der Waals surface area contributed by atoms with E-state index in [0.29, 0.717) is 35.3 Å². The Balaban J connectivity index is 1.91. The number of hydrogen-bond donors (Lipinski definition) is 1. The predicted octanol–water partition coefficient (Wildman–Crippen LogP) is 2.94. The molecule has 0 aromatic heterocycles. The van der Waals surface area contributed by atoms with Gasteiger partial charge in [-0.15, -0.1) is 0 Å². The number of likely N-dealkylation sites (tertiary alicyclic amines) is 1. The quantitative estimate of drug-likeness (QED) is 0.910. The highest BCUT2D eigenvalue weighted by molar-refractivity contribution is 6.34. The molecule has 0 spiro atoms. The van der Waals surface area contributed by atoms with Crippen molar-refractivity contribution in [3.63, 3.8) is 0 Å². The van der Waals surface area contributed by atoms with Crippen LogP contribution in [0, 0.1) is 11.8 Å². The zero-order chi connectivity index (χ0) is 16.3. The Morgan fingerprint density at radius 3 is 2.77 bits per heavy atom. The van der Waals surface area contributed by atoms with Gasteiger partial charge in [-0.2, -0.15) is 0 Å². The van der Waals surface area contributed by atoms with Crippen LogP contribution < -0.4 is 4.74 Å². The number of piperidine rings is 1. The van der Waals surface area contributed by atoms with Gasteiger partial charge in [0, 0.05) is 24.2 Å². The Morgan fingerprint density at radius 1 is 1.41 bits per heavy atom. The smallest absolute Gasteiger partial charge is 0.306 e. The molecule has 120 valence electrons. The van der Waals surface area contributed by atoms with Gasteiger partial charge in [-0.1, -0.05) is 30.1 Å². The van der Waals surface area contributed by atoms with Gasteiger partial charge in [0.05, 0.1) is 10.9 Å². The Bertz CT molecular complexity index is 579. The second-order valence-corrected chi connectivity index (χ2v) is 6.26. The standard InChI is InChI=1S/C15H17Cl2NO4/c1-9-7-18(5-4-11(9)15(20)21)14(19)8-22-13-6-10(16)2-3-12(13)17/h2-3,6,9,11H,4-5,7-8H2,1H3,(H,20,21). The van der Waals surface area contributed by atoms with Gasteiger partial charge >= 0.3 is 5.97 Å². The van der Waals surface area contributed by atoms with Crippen LogP contribution in [0.4, 0.5) is 0 Å². The maximum atomic E-state index is 12.2. The van der Waals surface area contributed by atoms with Gasteiger partial charge in [-0.3, -0.25) is 9.59 Å². The lowest BCUT2D eigenvalue weighted by Crippen LogP contribution is -2.46. The monoisotopic (exact) mass is 345 g/mol. The first-order valence-electron chi connectivity index (χ1n) is 6.97. The summed E-state index contributed by atoms with van der Waals surface area (Å²) in [6.45, 7) is 2.53. The molecule has 1 heterocycles. The van der Waals surface area contributed by atoms with Crippen LogP contribution in [0.2, 0.25) is 10.0 Å². The normalized spacial score (nSPS) is 21.5. The molecule has 1 saturated heterocycles. The summed E-state index contributed by atoms with van der Waals surface area (Å²) in [4.78, 5) is 24.9. The van der Waals surface area contributed by atoms with Crippen LogP contribution >= 0.6 is 23.2 Å². The van der Waals surface area contributed by atoms with Crippen molar-refractivity contribution in [3.8, 4) is 5.75 Å². The third-order valence-electron chi connectivity index (χ3n) is 3.82. The van der Waals surface area contributed by atoms with Gasteiger partial charge in [-0.25, -0.2) is 0 Å². The molecule has 2 unspecified atom stereocenters. The van der Waals surface area contributed by atoms with Crippen LogP contribution in [0.25, 0.3) is 0 Å². The molecule has 2 rings (SSSR count). The van der Waals surface area contributed by atoms with E-state index in [1.807, 2.05) is 6.92 Å². The molecule has 1 fully saturated rings. The van der Waals surface area contributed by atoms with Gasteiger partial charge in [0.2, 0.25) is 0 Å². The summed E-state index contributed by atoms with van der Waals surface area (Å²) < 4.78 is 5.42. The fourth-order valence-electron chi connectivity index (χ4n) is 2.56. The second-order valence-electron chi connectivity index (χ2n) is 5.41. The molecule has 0 saturated carbocycles. The Morgan fingerprint density at radius 2 is 2.14 bits per heavy atom. The molecule has 5 nitrogen and oxygen atoms in total. The molecule has 2 atom stereocenters. The molecule has 1 aromatic rings. The fourth-order valence-corrected chi connectivity index (χ4v) is 2.89. The third-order valence-corrected chi connectivity index (χ3v) is 4.37. The summed E-state index contributed by atoms with van der Waals surface area (Å²) >= 11 is 11.8. The number of carboxylic acids is 1. The summed E-state index contributed by atoms with van der Waals surface area (Å²) in [6, 6.07) is 4.79. The van der Waals surface area contributed by atoms with E-state index in [0.717, 1.165) is 0 Å². The number of carboxylic acid groups (broad SMARTS) is 1. The average Bonchev–Trinajstić information content (AvgIpc) is 2.47. The lowest BCUT2D eigenvalue weighted by Gasteiger charge is -2.34. The molecule has 1 aliphatic heterocycles. The molecule has 0 radical (unpaired) electrons. The van der Waals surface area contributed by atoms with E-state index in [1.165, 1.54) is 0 Å². The fraction of sp³-hybridized carbons (Fsp3) is 0.467. The summed E-state index contributed by atoms with van der Waals surface area (Å²) in [5.74, 6) is -1.11. The van der Waals surface area contributed by atoms with Gasteiger partial charge < -0.3 is 14.7 Å². The molecular weight excluding hydrogens is 329 g/mol. The largest absolute Gasteiger partial charge is 0.482 e.